The summed E-state index contributed by atoms with van der Waals surface area (Å²) in [4.78, 5) is 16.3. The van der Waals surface area contributed by atoms with Crippen LogP contribution in [0.2, 0.25) is 0 Å². The number of hydrogen-bond acceptors (Lipinski definition) is 2. The van der Waals surface area contributed by atoms with Crippen molar-refractivity contribution in [1.29, 1.82) is 0 Å². The largest absolute Gasteiger partial charge is 0.356 e. The first-order valence-electron chi connectivity index (χ1n) is 11.0. The smallest absolute Gasteiger partial charge is 0.220 e. The van der Waals surface area contributed by atoms with Gasteiger partial charge in [0.05, 0.1) is 6.20 Å². The number of carbonyl (C=O) groups is 1. The molecule has 4 aliphatic rings. The van der Waals surface area contributed by atoms with Gasteiger partial charge in [0, 0.05) is 19.2 Å². The number of hydrogen-bond donors (Lipinski definition) is 1. The van der Waals surface area contributed by atoms with Crippen molar-refractivity contribution in [3.8, 4) is 0 Å². The van der Waals surface area contributed by atoms with E-state index in [1.54, 1.807) is 6.07 Å². The van der Waals surface area contributed by atoms with Crippen LogP contribution in [0, 0.1) is 40.3 Å². The molecule has 0 bridgehead atoms. The minimum Gasteiger partial charge on any atom is -0.356 e. The number of allylic oxidation sites excluding steroid dienone is 2. The molecule has 1 aromatic heterocycles. The predicted octanol–water partition coefficient (Wildman–Crippen LogP) is 4.98. The SMILES string of the molecule is C[C@]12CCNC(=O)CC1CCC1C2CC[C@]2(C)C(c3cncc(F)c3)=CCC12. The van der Waals surface area contributed by atoms with E-state index in [0.717, 1.165) is 31.4 Å². The van der Waals surface area contributed by atoms with Gasteiger partial charge in [0.15, 0.2) is 0 Å². The minimum atomic E-state index is -0.247. The van der Waals surface area contributed by atoms with Crippen molar-refractivity contribution < 1.29 is 9.18 Å². The third-order valence-electron chi connectivity index (χ3n) is 9.08. The second-order valence-corrected chi connectivity index (χ2v) is 10.2. The number of rotatable bonds is 1. The molecule has 150 valence electrons. The molecule has 28 heavy (non-hydrogen) atoms. The Morgan fingerprint density at radius 2 is 2.00 bits per heavy atom. The summed E-state index contributed by atoms with van der Waals surface area (Å²) in [5, 5.41) is 3.12. The highest BCUT2D eigenvalue weighted by Gasteiger charge is 2.58. The van der Waals surface area contributed by atoms with E-state index in [-0.39, 0.29) is 22.6 Å². The van der Waals surface area contributed by atoms with Gasteiger partial charge in [-0.15, -0.1) is 0 Å². The summed E-state index contributed by atoms with van der Waals surface area (Å²) < 4.78 is 13.8. The number of nitrogens with one attached hydrogen (secondary N) is 1. The molecule has 2 heterocycles. The van der Waals surface area contributed by atoms with Crippen molar-refractivity contribution in [1.82, 2.24) is 10.3 Å². The van der Waals surface area contributed by atoms with Gasteiger partial charge >= 0.3 is 0 Å². The molecular weight excluding hydrogens is 351 g/mol. The van der Waals surface area contributed by atoms with Crippen molar-refractivity contribution in [3.63, 3.8) is 0 Å². The summed E-state index contributed by atoms with van der Waals surface area (Å²) in [5.41, 5.74) is 2.67. The fraction of sp³-hybridized carbons (Fsp3) is 0.667. The molecule has 4 unspecified atom stereocenters. The van der Waals surface area contributed by atoms with Gasteiger partial charge in [-0.05, 0) is 90.2 Å². The number of fused-ring (bicyclic) bond motifs is 5. The number of carbonyl (C=O) groups excluding carboxylic acids is 1. The Morgan fingerprint density at radius 3 is 2.82 bits per heavy atom. The van der Waals surface area contributed by atoms with Crippen LogP contribution < -0.4 is 5.32 Å². The van der Waals surface area contributed by atoms with E-state index in [1.165, 1.54) is 31.0 Å². The summed E-state index contributed by atoms with van der Waals surface area (Å²) in [5.74, 6) is 2.58. The molecule has 0 radical (unpaired) electrons. The first-order valence-corrected chi connectivity index (χ1v) is 11.0. The lowest BCUT2D eigenvalue weighted by Crippen LogP contribution is -2.51. The normalized spacial score (nSPS) is 42.5. The van der Waals surface area contributed by atoms with Crippen molar-refractivity contribution in [2.75, 3.05) is 6.54 Å². The van der Waals surface area contributed by atoms with Crippen molar-refractivity contribution in [2.45, 2.75) is 58.8 Å². The van der Waals surface area contributed by atoms with Crippen LogP contribution in [-0.2, 0) is 4.79 Å². The number of halogens is 1. The maximum absolute atomic E-state index is 13.8. The van der Waals surface area contributed by atoms with E-state index in [2.05, 4.69) is 30.2 Å². The van der Waals surface area contributed by atoms with Crippen LogP contribution in [0.4, 0.5) is 4.39 Å². The summed E-state index contributed by atoms with van der Waals surface area (Å²) in [6.45, 7) is 5.71. The molecule has 1 aromatic rings. The van der Waals surface area contributed by atoms with Crippen LogP contribution >= 0.6 is 0 Å². The standard InChI is InChI=1S/C24H31FN2O/c1-23-9-10-27-22(28)12-16(23)3-4-18-20-6-5-19(15-11-17(25)14-26-13-15)24(20,2)8-7-21(18)23/h5,11,13-14,16,18,20-21H,3-4,6-10,12H2,1-2H3,(H,27,28)/t16?,18?,20?,21?,23-,24+/m0/s1. The molecule has 2 saturated carbocycles. The fourth-order valence-electron chi connectivity index (χ4n) is 7.60. The molecule has 1 aliphatic heterocycles. The number of pyridine rings is 1. The number of aromatic nitrogens is 1. The van der Waals surface area contributed by atoms with Gasteiger partial charge in [-0.3, -0.25) is 9.78 Å². The average molecular weight is 383 g/mol. The maximum atomic E-state index is 13.8. The molecule has 0 spiro atoms. The Hall–Kier alpha value is -1.71. The zero-order chi connectivity index (χ0) is 19.5. The third-order valence-corrected chi connectivity index (χ3v) is 9.08. The average Bonchev–Trinajstić information content (AvgIpc) is 2.93. The topological polar surface area (TPSA) is 42.0 Å². The quantitative estimate of drug-likeness (QED) is 0.744. The Labute approximate surface area is 167 Å². The zero-order valence-electron chi connectivity index (χ0n) is 17.0. The monoisotopic (exact) mass is 382 g/mol. The number of nitrogens with zero attached hydrogens (tertiary/aromatic N) is 1. The van der Waals surface area contributed by atoms with Crippen LogP contribution in [0.3, 0.4) is 0 Å². The first-order chi connectivity index (χ1) is 13.4. The highest BCUT2D eigenvalue weighted by Crippen LogP contribution is 2.66. The summed E-state index contributed by atoms with van der Waals surface area (Å²) in [7, 11) is 0. The molecule has 1 amide bonds. The molecule has 1 N–H and O–H groups in total. The Morgan fingerprint density at radius 1 is 1.14 bits per heavy atom. The lowest BCUT2D eigenvalue weighted by molar-refractivity contribution is -0.124. The first kappa shape index (κ1) is 18.3. The molecule has 1 saturated heterocycles. The molecule has 4 heteroatoms. The lowest BCUT2D eigenvalue weighted by atomic mass is 9.46. The summed E-state index contributed by atoms with van der Waals surface area (Å²) in [6, 6.07) is 1.65. The van der Waals surface area contributed by atoms with E-state index >= 15 is 0 Å². The van der Waals surface area contributed by atoms with Gasteiger partial charge < -0.3 is 5.32 Å². The second kappa shape index (κ2) is 6.40. The highest BCUT2D eigenvalue weighted by atomic mass is 19.1. The van der Waals surface area contributed by atoms with Crippen LogP contribution in [-0.4, -0.2) is 17.4 Å². The molecule has 0 aromatic carbocycles. The van der Waals surface area contributed by atoms with Crippen LogP contribution in [0.15, 0.2) is 24.5 Å². The number of amides is 1. The van der Waals surface area contributed by atoms with E-state index in [0.29, 0.717) is 30.1 Å². The summed E-state index contributed by atoms with van der Waals surface area (Å²) >= 11 is 0. The molecule has 5 rings (SSSR count). The Balaban J connectivity index is 1.45. The lowest BCUT2D eigenvalue weighted by Gasteiger charge is -2.58. The predicted molar refractivity (Wildman–Crippen MR) is 108 cm³/mol. The van der Waals surface area contributed by atoms with Crippen LogP contribution in [0.1, 0.15) is 64.4 Å². The summed E-state index contributed by atoms with van der Waals surface area (Å²) in [6.07, 6.45) is 13.2. The van der Waals surface area contributed by atoms with Gasteiger partial charge in [0.1, 0.15) is 5.82 Å². The zero-order valence-corrected chi connectivity index (χ0v) is 17.0. The molecule has 3 aliphatic carbocycles. The van der Waals surface area contributed by atoms with E-state index in [4.69, 9.17) is 0 Å². The van der Waals surface area contributed by atoms with Gasteiger partial charge in [-0.1, -0.05) is 19.9 Å². The highest BCUT2D eigenvalue weighted by molar-refractivity contribution is 5.76. The maximum Gasteiger partial charge on any atom is 0.220 e. The van der Waals surface area contributed by atoms with Gasteiger partial charge in [0.2, 0.25) is 5.91 Å². The van der Waals surface area contributed by atoms with Gasteiger partial charge in [-0.2, -0.15) is 0 Å². The van der Waals surface area contributed by atoms with Crippen LogP contribution in [0.5, 0.6) is 0 Å². The van der Waals surface area contributed by atoms with Crippen molar-refractivity contribution in [2.24, 2.45) is 34.5 Å². The molecule has 3 fully saturated rings. The Bertz CT molecular complexity index is 836. The molecular formula is C24H31FN2O. The molecule has 6 atom stereocenters. The van der Waals surface area contributed by atoms with Gasteiger partial charge in [-0.25, -0.2) is 4.39 Å². The third kappa shape index (κ3) is 2.59. The van der Waals surface area contributed by atoms with E-state index < -0.39 is 0 Å². The van der Waals surface area contributed by atoms with Crippen molar-refractivity contribution >= 4 is 11.5 Å². The Kier molecular flexibility index (Phi) is 4.19. The fourth-order valence-corrected chi connectivity index (χ4v) is 7.60. The van der Waals surface area contributed by atoms with Crippen molar-refractivity contribution in [3.05, 3.63) is 35.9 Å². The van der Waals surface area contributed by atoms with E-state index in [9.17, 15) is 9.18 Å². The minimum absolute atomic E-state index is 0.124. The second-order valence-electron chi connectivity index (χ2n) is 10.2. The van der Waals surface area contributed by atoms with Gasteiger partial charge in [0.25, 0.3) is 0 Å². The molecule has 3 nitrogen and oxygen atoms in total. The van der Waals surface area contributed by atoms with Crippen LogP contribution in [0.25, 0.3) is 5.57 Å². The van der Waals surface area contributed by atoms with E-state index in [1.807, 2.05) is 6.20 Å².